The molecule has 7 nitrogen and oxygen atoms in total. The summed E-state index contributed by atoms with van der Waals surface area (Å²) in [6, 6.07) is 16.0. The first-order valence-electron chi connectivity index (χ1n) is 12.2. The third kappa shape index (κ3) is 3.71. The lowest BCUT2D eigenvalue weighted by molar-refractivity contribution is -0.137. The van der Waals surface area contributed by atoms with Gasteiger partial charge in [0, 0.05) is 30.2 Å². The van der Waals surface area contributed by atoms with E-state index in [0.29, 0.717) is 26.1 Å². The van der Waals surface area contributed by atoms with Crippen LogP contribution in [0.3, 0.4) is 0 Å². The van der Waals surface area contributed by atoms with Gasteiger partial charge in [-0.1, -0.05) is 42.5 Å². The fourth-order valence-electron chi connectivity index (χ4n) is 5.90. The topological polar surface area (TPSA) is 83.7 Å². The van der Waals surface area contributed by atoms with Gasteiger partial charge in [0.1, 0.15) is 11.4 Å². The molecular formula is C28H29N3O4. The van der Waals surface area contributed by atoms with Crippen LogP contribution in [-0.2, 0) is 27.2 Å². The van der Waals surface area contributed by atoms with Crippen molar-refractivity contribution in [2.75, 3.05) is 26.7 Å². The number of benzene rings is 2. The summed E-state index contributed by atoms with van der Waals surface area (Å²) in [6.45, 7) is 1.62. The second kappa shape index (κ2) is 8.57. The Morgan fingerprint density at radius 3 is 2.86 bits per heavy atom. The monoisotopic (exact) mass is 471 g/mol. The molecule has 2 bridgehead atoms. The molecule has 0 aliphatic carbocycles. The van der Waals surface area contributed by atoms with E-state index in [-0.39, 0.29) is 17.9 Å². The smallest absolute Gasteiger partial charge is 0.230 e. The molecule has 2 amide bonds. The van der Waals surface area contributed by atoms with Gasteiger partial charge in [-0.25, -0.2) is 0 Å². The lowest BCUT2D eigenvalue weighted by Crippen LogP contribution is -2.44. The van der Waals surface area contributed by atoms with Gasteiger partial charge in [0.15, 0.2) is 0 Å². The molecule has 3 aliphatic heterocycles. The van der Waals surface area contributed by atoms with Gasteiger partial charge in [-0.3, -0.25) is 9.59 Å². The first-order valence-corrected chi connectivity index (χ1v) is 12.2. The predicted molar refractivity (Wildman–Crippen MR) is 132 cm³/mol. The highest BCUT2D eigenvalue weighted by Crippen LogP contribution is 2.51. The minimum atomic E-state index is -0.681. The number of fused-ring (bicyclic) bond motifs is 2. The lowest BCUT2D eigenvalue weighted by Gasteiger charge is -2.23. The molecule has 1 aromatic heterocycles. The van der Waals surface area contributed by atoms with Crippen molar-refractivity contribution in [2.45, 2.75) is 24.5 Å². The summed E-state index contributed by atoms with van der Waals surface area (Å²) in [5.74, 6) is -0.218. The highest BCUT2D eigenvalue weighted by atomic mass is 16.5. The van der Waals surface area contributed by atoms with Crippen LogP contribution in [-0.4, -0.2) is 60.1 Å². The largest absolute Gasteiger partial charge is 0.497 e. The predicted octanol–water partition coefficient (Wildman–Crippen LogP) is 2.86. The zero-order chi connectivity index (χ0) is 24.0. The molecule has 6 rings (SSSR count). The summed E-state index contributed by atoms with van der Waals surface area (Å²) in [4.78, 5) is 31.8. The number of ether oxygens (including phenoxy) is 2. The Kier molecular flexibility index (Phi) is 5.37. The fraction of sp³-hybridized carbons (Fsp3) is 0.357. The van der Waals surface area contributed by atoms with Crippen LogP contribution in [0.2, 0.25) is 0 Å². The highest BCUT2D eigenvalue weighted by molar-refractivity contribution is 5.93. The first-order chi connectivity index (χ1) is 17.1. The fourth-order valence-corrected chi connectivity index (χ4v) is 5.90. The average Bonchev–Trinajstić information content (AvgIpc) is 3.63. The second-order valence-corrected chi connectivity index (χ2v) is 9.66. The van der Waals surface area contributed by atoms with Crippen LogP contribution >= 0.6 is 0 Å². The molecule has 3 aromatic rings. The van der Waals surface area contributed by atoms with E-state index in [1.807, 2.05) is 59.6 Å². The number of hydrogen-bond acceptors (Lipinski definition) is 4. The number of likely N-dealkylation sites (tertiary alicyclic amines) is 1. The van der Waals surface area contributed by atoms with Gasteiger partial charge < -0.3 is 24.7 Å². The SMILES string of the molecule is COc1ccc(CCNC(=O)[C@@H]2[C@H]3C=C[C@@]4(CN(CCc5c[nH]c6ccccc56)C(=O)[C@@H]24)O3)cc1. The standard InChI is InChI=1S/C28H29N3O4/c1-34-20-8-6-18(7-9-20)11-14-29-26(32)24-23-10-13-28(35-23)17-31(27(33)25(24)28)15-12-19-16-30-22-5-3-2-4-21(19)22/h2-10,13,16,23-25,30H,11-12,14-15,17H2,1H3,(H,29,32)/t23-,24-,25-,28+/m1/s1. The molecule has 7 heteroatoms. The van der Waals surface area contributed by atoms with Crippen molar-refractivity contribution in [1.82, 2.24) is 15.2 Å². The molecule has 35 heavy (non-hydrogen) atoms. The molecule has 2 saturated heterocycles. The van der Waals surface area contributed by atoms with Crippen LogP contribution in [0.4, 0.5) is 0 Å². The quantitative estimate of drug-likeness (QED) is 0.495. The van der Waals surface area contributed by atoms with Crippen LogP contribution in [0.5, 0.6) is 5.75 Å². The number of methoxy groups -OCH3 is 1. The Hall–Kier alpha value is -3.58. The Morgan fingerprint density at radius 1 is 1.20 bits per heavy atom. The normalized spacial score (nSPS) is 26.5. The van der Waals surface area contributed by atoms with Gasteiger partial charge >= 0.3 is 0 Å². The van der Waals surface area contributed by atoms with Gasteiger partial charge in [-0.05, 0) is 42.2 Å². The van der Waals surface area contributed by atoms with Crippen molar-refractivity contribution in [3.8, 4) is 5.75 Å². The lowest BCUT2D eigenvalue weighted by atomic mass is 9.77. The molecule has 2 N–H and O–H groups in total. The van der Waals surface area contributed by atoms with E-state index in [9.17, 15) is 9.59 Å². The second-order valence-electron chi connectivity index (χ2n) is 9.66. The zero-order valence-electron chi connectivity index (χ0n) is 19.7. The van der Waals surface area contributed by atoms with Crippen molar-refractivity contribution in [3.05, 3.63) is 78.0 Å². The van der Waals surface area contributed by atoms with Gasteiger partial charge in [-0.2, -0.15) is 0 Å². The van der Waals surface area contributed by atoms with Crippen LogP contribution in [0, 0.1) is 11.8 Å². The molecule has 0 saturated carbocycles. The van der Waals surface area contributed by atoms with Crippen LogP contribution in [0.1, 0.15) is 11.1 Å². The third-order valence-electron chi connectivity index (χ3n) is 7.68. The summed E-state index contributed by atoms with van der Waals surface area (Å²) in [5.41, 5.74) is 2.73. The number of hydrogen-bond donors (Lipinski definition) is 2. The molecule has 1 spiro atoms. The maximum Gasteiger partial charge on any atom is 0.230 e. The van der Waals surface area contributed by atoms with Crippen LogP contribution in [0.15, 0.2) is 66.9 Å². The number of carbonyl (C=O) groups is 2. The molecule has 4 atom stereocenters. The van der Waals surface area contributed by atoms with E-state index in [0.717, 1.165) is 23.3 Å². The first kappa shape index (κ1) is 21.9. The number of para-hydroxylation sites is 1. The molecule has 2 fully saturated rings. The minimum Gasteiger partial charge on any atom is -0.497 e. The summed E-state index contributed by atoms with van der Waals surface area (Å²) in [6.07, 6.45) is 7.12. The van der Waals surface area contributed by atoms with E-state index in [2.05, 4.69) is 22.4 Å². The van der Waals surface area contributed by atoms with Gasteiger partial charge in [0.2, 0.25) is 11.8 Å². The van der Waals surface area contributed by atoms with Gasteiger partial charge in [0.05, 0.1) is 31.6 Å². The molecular weight excluding hydrogens is 442 g/mol. The van der Waals surface area contributed by atoms with Crippen LogP contribution < -0.4 is 10.1 Å². The number of nitrogens with zero attached hydrogens (tertiary/aromatic N) is 1. The van der Waals surface area contributed by atoms with Crippen LogP contribution in [0.25, 0.3) is 10.9 Å². The average molecular weight is 472 g/mol. The molecule has 180 valence electrons. The van der Waals surface area contributed by atoms with E-state index in [4.69, 9.17) is 9.47 Å². The Balaban J connectivity index is 1.10. The van der Waals surface area contributed by atoms with Crippen molar-refractivity contribution in [2.24, 2.45) is 11.8 Å². The van der Waals surface area contributed by atoms with Crippen molar-refractivity contribution >= 4 is 22.7 Å². The summed E-state index contributed by atoms with van der Waals surface area (Å²) >= 11 is 0. The van der Waals surface area contributed by atoms with E-state index >= 15 is 0 Å². The summed E-state index contributed by atoms with van der Waals surface area (Å²) in [5, 5.41) is 4.23. The van der Waals surface area contributed by atoms with E-state index in [1.165, 1.54) is 10.9 Å². The number of amides is 2. The molecule has 4 heterocycles. The number of aromatic nitrogens is 1. The van der Waals surface area contributed by atoms with Crippen molar-refractivity contribution in [3.63, 3.8) is 0 Å². The molecule has 3 aliphatic rings. The molecule has 2 aromatic carbocycles. The van der Waals surface area contributed by atoms with Gasteiger partial charge in [-0.15, -0.1) is 0 Å². The zero-order valence-corrected chi connectivity index (χ0v) is 19.7. The highest BCUT2D eigenvalue weighted by Gasteiger charge is 2.66. The maximum atomic E-state index is 13.5. The molecule has 0 unspecified atom stereocenters. The number of aromatic amines is 1. The number of H-pyrrole nitrogens is 1. The molecule has 0 radical (unpaired) electrons. The Labute approximate surface area is 204 Å². The third-order valence-corrected chi connectivity index (χ3v) is 7.68. The van der Waals surface area contributed by atoms with Crippen molar-refractivity contribution < 1.29 is 19.1 Å². The maximum absolute atomic E-state index is 13.5. The van der Waals surface area contributed by atoms with Gasteiger partial charge in [0.25, 0.3) is 0 Å². The Morgan fingerprint density at radius 2 is 2.03 bits per heavy atom. The van der Waals surface area contributed by atoms with Crippen molar-refractivity contribution in [1.29, 1.82) is 0 Å². The summed E-state index contributed by atoms with van der Waals surface area (Å²) in [7, 11) is 1.64. The number of carbonyl (C=O) groups excluding carboxylic acids is 2. The summed E-state index contributed by atoms with van der Waals surface area (Å²) < 4.78 is 11.5. The Bertz CT molecular complexity index is 1300. The minimum absolute atomic E-state index is 0.0204. The number of rotatable bonds is 8. The van der Waals surface area contributed by atoms with E-state index in [1.54, 1.807) is 7.11 Å². The van der Waals surface area contributed by atoms with E-state index < -0.39 is 17.4 Å². The number of nitrogens with one attached hydrogen (secondary N) is 2.